The molecule has 0 aliphatic carbocycles. The fourth-order valence-electron chi connectivity index (χ4n) is 7.13. The molecule has 0 radical (unpaired) electrons. The van der Waals surface area contributed by atoms with Gasteiger partial charge in [-0.15, -0.1) is 11.3 Å². The number of nitrogens with zero attached hydrogens (tertiary/aromatic N) is 5. The van der Waals surface area contributed by atoms with Gasteiger partial charge in [0.2, 0.25) is 5.91 Å². The Balaban J connectivity index is 1.43. The average Bonchev–Trinajstić information content (AvgIpc) is 3.70. The van der Waals surface area contributed by atoms with Crippen molar-refractivity contribution < 1.29 is 47.3 Å². The van der Waals surface area contributed by atoms with Gasteiger partial charge in [-0.25, -0.2) is 24.4 Å². The Labute approximate surface area is 354 Å². The number of aromatic nitrogens is 2. The third-order valence-electron chi connectivity index (χ3n) is 9.76. The molecular weight excluding hydrogens is 813 g/mol. The molecule has 5 aromatic rings. The number of fused-ring (bicyclic) bond motifs is 10. The highest BCUT2D eigenvalue weighted by Crippen LogP contribution is 2.37. The minimum atomic E-state index is -3.61. The zero-order valence-corrected chi connectivity index (χ0v) is 35.4. The van der Waals surface area contributed by atoms with E-state index in [0.717, 1.165) is 5.01 Å². The second-order valence-corrected chi connectivity index (χ2v) is 16.5. The van der Waals surface area contributed by atoms with Crippen LogP contribution in [0.5, 0.6) is 0 Å². The summed E-state index contributed by atoms with van der Waals surface area (Å²) in [5.74, 6) is -4.67. The highest BCUT2D eigenvalue weighted by atomic mass is 32.1. The van der Waals surface area contributed by atoms with Gasteiger partial charge >= 0.3 is 24.2 Å². The number of pyridine rings is 1. The zero-order chi connectivity index (χ0) is 44.4. The molecule has 0 saturated heterocycles. The summed E-state index contributed by atoms with van der Waals surface area (Å²) in [5, 5.41) is 19.0. The van der Waals surface area contributed by atoms with Gasteiger partial charge in [-0.2, -0.15) is 13.7 Å². The molecule has 15 nitrogen and oxygen atoms in total. The Bertz CT molecular complexity index is 2490. The van der Waals surface area contributed by atoms with E-state index in [4.69, 9.17) is 9.47 Å². The van der Waals surface area contributed by atoms with Gasteiger partial charge < -0.3 is 29.7 Å². The van der Waals surface area contributed by atoms with Crippen LogP contribution in [0.4, 0.5) is 40.4 Å². The number of carbonyl (C=O) groups is 5. The van der Waals surface area contributed by atoms with Gasteiger partial charge in [-0.3, -0.25) is 14.9 Å². The molecule has 3 N–H and O–H groups in total. The first kappa shape index (κ1) is 43.9. The molecule has 4 heterocycles. The molecule has 7 rings (SSSR count). The topological polar surface area (TPSA) is 184 Å². The van der Waals surface area contributed by atoms with Crippen molar-refractivity contribution in [2.24, 2.45) is 0 Å². The van der Waals surface area contributed by atoms with Crippen LogP contribution in [0.1, 0.15) is 76.9 Å². The van der Waals surface area contributed by atoms with Crippen molar-refractivity contribution in [2.75, 3.05) is 35.7 Å². The molecule has 2 aliphatic rings. The number of imide groups is 1. The van der Waals surface area contributed by atoms with E-state index >= 15 is 8.78 Å². The van der Waals surface area contributed by atoms with Crippen LogP contribution in [0.25, 0.3) is 10.8 Å². The number of likely N-dealkylation sites (N-methyl/N-ethyl adjacent to an activating group) is 1. The first-order valence-electron chi connectivity index (χ1n) is 19.2. The predicted molar refractivity (Wildman–Crippen MR) is 225 cm³/mol. The van der Waals surface area contributed by atoms with Gasteiger partial charge in [0.15, 0.2) is 12.4 Å². The first-order chi connectivity index (χ1) is 28.8. The number of rotatable bonds is 7. The fourth-order valence-corrected chi connectivity index (χ4v) is 7.76. The van der Waals surface area contributed by atoms with E-state index in [1.165, 1.54) is 79.7 Å². The standard InChI is InChI=1S/C43H45F2N7O8S/c1-8-51(22-33-46-15-16-61-33)37(53)32-12-10-30-20-28(32)21-50(7)38(54)35(27-17-24(2)34(25(3)18-27)43(44,45)23-59-39(55)49-30)48-29-9-11-31-26(19-29)13-14-47-36(31)52(40(56)57)41(58)60-42(4,5)6/h9-20,35,48H,8,21-23H2,1-7H3,(H,49,55)(H,56,57)/t35-/m1/s1. The Morgan fingerprint density at radius 3 is 2.41 bits per heavy atom. The lowest BCUT2D eigenvalue weighted by Crippen LogP contribution is -2.40. The lowest BCUT2D eigenvalue weighted by molar-refractivity contribution is -0.131. The molecule has 320 valence electrons. The van der Waals surface area contributed by atoms with Gasteiger partial charge in [0.05, 0.1) is 6.54 Å². The summed E-state index contributed by atoms with van der Waals surface area (Å²) in [7, 11) is 1.54. The molecule has 3 aromatic carbocycles. The molecule has 5 amide bonds. The summed E-state index contributed by atoms with van der Waals surface area (Å²) >= 11 is 1.40. The number of anilines is 3. The lowest BCUT2D eigenvalue weighted by Gasteiger charge is -2.29. The van der Waals surface area contributed by atoms with Crippen molar-refractivity contribution in [3.05, 3.63) is 111 Å². The smallest absolute Gasteiger partial charge is 0.425 e. The van der Waals surface area contributed by atoms with E-state index in [1.54, 1.807) is 55.4 Å². The quantitative estimate of drug-likeness (QED) is 0.142. The normalized spacial score (nSPS) is 15.5. The van der Waals surface area contributed by atoms with Crippen molar-refractivity contribution in [1.82, 2.24) is 19.8 Å². The van der Waals surface area contributed by atoms with Crippen molar-refractivity contribution in [3.63, 3.8) is 0 Å². The first-order valence-corrected chi connectivity index (χ1v) is 20.0. The molecule has 0 spiro atoms. The Hall–Kier alpha value is -6.69. The number of hydrogen-bond acceptors (Lipinski definition) is 11. The third kappa shape index (κ3) is 9.86. The minimum Gasteiger partial charge on any atom is -0.464 e. The number of carbonyl (C=O) groups excluding carboxylic acids is 4. The van der Waals surface area contributed by atoms with Crippen molar-refractivity contribution in [2.45, 2.75) is 72.2 Å². The molecule has 0 unspecified atom stereocenters. The van der Waals surface area contributed by atoms with E-state index in [1.807, 2.05) is 6.92 Å². The van der Waals surface area contributed by atoms with Gasteiger partial charge in [0.1, 0.15) is 16.7 Å². The van der Waals surface area contributed by atoms with Gasteiger partial charge in [0, 0.05) is 65.8 Å². The number of ether oxygens (including phenoxy) is 2. The average molecular weight is 858 g/mol. The van der Waals surface area contributed by atoms with E-state index in [9.17, 15) is 29.1 Å². The number of aryl methyl sites for hydroxylation is 2. The van der Waals surface area contributed by atoms with Crippen molar-refractivity contribution >= 4 is 69.4 Å². The fraction of sp³-hybridized carbons (Fsp3) is 0.326. The maximum absolute atomic E-state index is 15.8. The van der Waals surface area contributed by atoms with Gasteiger partial charge in [-0.1, -0.05) is 12.1 Å². The molecule has 2 aromatic heterocycles. The number of thiazole rings is 1. The number of benzene rings is 3. The summed E-state index contributed by atoms with van der Waals surface area (Å²) < 4.78 is 42.0. The maximum atomic E-state index is 15.8. The second kappa shape index (κ2) is 17.5. The third-order valence-corrected chi connectivity index (χ3v) is 10.5. The summed E-state index contributed by atoms with van der Waals surface area (Å²) in [6.45, 7) is 8.77. The van der Waals surface area contributed by atoms with E-state index < -0.39 is 48.4 Å². The minimum absolute atomic E-state index is 0.117. The Morgan fingerprint density at radius 2 is 1.77 bits per heavy atom. The summed E-state index contributed by atoms with van der Waals surface area (Å²) in [4.78, 5) is 78.9. The summed E-state index contributed by atoms with van der Waals surface area (Å²) in [6, 6.07) is 12.5. The Morgan fingerprint density at radius 1 is 1.05 bits per heavy atom. The number of halogens is 2. The number of nitrogens with one attached hydrogen (secondary N) is 2. The number of amides is 5. The number of hydrogen-bond donors (Lipinski definition) is 3. The van der Waals surface area contributed by atoms with Crippen LogP contribution in [0.3, 0.4) is 0 Å². The van der Waals surface area contributed by atoms with Crippen LogP contribution in [-0.4, -0.2) is 80.8 Å². The molecule has 0 saturated carbocycles. The largest absolute Gasteiger partial charge is 0.464 e. The second-order valence-electron chi connectivity index (χ2n) is 15.5. The number of alkyl halides is 2. The Kier molecular flexibility index (Phi) is 12.6. The molecule has 0 fully saturated rings. The van der Waals surface area contributed by atoms with Crippen LogP contribution in [0.15, 0.2) is 72.4 Å². The van der Waals surface area contributed by atoms with Crippen LogP contribution in [0, 0.1) is 13.8 Å². The molecular formula is C43H45F2N7O8S. The lowest BCUT2D eigenvalue weighted by atomic mass is 9.91. The molecule has 2 aliphatic heterocycles. The summed E-state index contributed by atoms with van der Waals surface area (Å²) in [5.41, 5.74) is 0.382. The van der Waals surface area contributed by atoms with E-state index in [-0.39, 0.29) is 58.1 Å². The molecule has 1 atom stereocenters. The van der Waals surface area contributed by atoms with Gasteiger partial charge in [-0.05, 0) is 112 Å². The maximum Gasteiger partial charge on any atom is 0.425 e. The van der Waals surface area contributed by atoms with Crippen molar-refractivity contribution in [1.29, 1.82) is 0 Å². The molecule has 18 heteroatoms. The van der Waals surface area contributed by atoms with Crippen LogP contribution in [0.2, 0.25) is 0 Å². The zero-order valence-electron chi connectivity index (χ0n) is 34.5. The molecule has 4 bridgehead atoms. The van der Waals surface area contributed by atoms with E-state index in [0.29, 0.717) is 33.6 Å². The predicted octanol–water partition coefficient (Wildman–Crippen LogP) is 8.86. The highest BCUT2D eigenvalue weighted by molar-refractivity contribution is 7.09. The van der Waals surface area contributed by atoms with Gasteiger partial charge in [0.25, 0.3) is 5.91 Å². The number of carboxylic acid groups (broad SMARTS) is 1. The summed E-state index contributed by atoms with van der Waals surface area (Å²) in [6.07, 6.45) is -0.912. The van der Waals surface area contributed by atoms with Crippen LogP contribution in [-0.2, 0) is 33.3 Å². The van der Waals surface area contributed by atoms with Crippen LogP contribution < -0.4 is 15.5 Å². The molecule has 61 heavy (non-hydrogen) atoms. The monoisotopic (exact) mass is 857 g/mol. The van der Waals surface area contributed by atoms with Crippen LogP contribution >= 0.6 is 11.3 Å². The SMILES string of the molecule is CCN(Cc1nccs1)C(=O)c1ccc2cc1CN(C)C(=O)[C@H](Nc1ccc3c(N(C(=O)O)C(=O)OC(C)(C)C)nccc3c1)c1cc(C)c(c(C)c1)C(F)(F)COC(=O)N2. The van der Waals surface area contributed by atoms with E-state index in [2.05, 4.69) is 20.6 Å². The highest BCUT2D eigenvalue weighted by Gasteiger charge is 2.38. The van der Waals surface area contributed by atoms with Crippen molar-refractivity contribution in [3.8, 4) is 0 Å².